The zero-order valence-electron chi connectivity index (χ0n) is 11.1. The highest BCUT2D eigenvalue weighted by atomic mass is 16.3. The lowest BCUT2D eigenvalue weighted by Crippen LogP contribution is -2.40. The number of rotatable bonds is 1. The standard InChI is InChI=1S/C15H13N3O3/c19-6-4-16-15(17-5-6)18-13(20)11-7-1-2-8(10-3-9(7)10)12(11)14(18)21/h1-2,4-5,7-12,19H,3H2/t7-,8+,9?,10?,11-,12+. The van der Waals surface area contributed by atoms with Crippen molar-refractivity contribution < 1.29 is 14.7 Å². The van der Waals surface area contributed by atoms with Gasteiger partial charge in [-0.3, -0.25) is 9.59 Å². The topological polar surface area (TPSA) is 83.4 Å². The molecule has 4 aliphatic carbocycles. The van der Waals surface area contributed by atoms with Gasteiger partial charge in [-0.2, -0.15) is 0 Å². The molecule has 6 nitrogen and oxygen atoms in total. The Morgan fingerprint density at radius 3 is 2.05 bits per heavy atom. The third kappa shape index (κ3) is 1.28. The number of anilines is 1. The fraction of sp³-hybridized carbons (Fsp3) is 0.467. The molecule has 2 bridgehead atoms. The van der Waals surface area contributed by atoms with E-state index >= 15 is 0 Å². The van der Waals surface area contributed by atoms with Crippen LogP contribution in [0, 0.1) is 35.5 Å². The number of aromatic hydroxyl groups is 1. The Morgan fingerprint density at radius 1 is 1.00 bits per heavy atom. The molecule has 2 saturated carbocycles. The lowest BCUT2D eigenvalue weighted by Gasteiger charge is -2.37. The first-order valence-corrected chi connectivity index (χ1v) is 7.24. The van der Waals surface area contributed by atoms with E-state index in [0.29, 0.717) is 11.8 Å². The minimum Gasteiger partial charge on any atom is -0.505 e. The number of hydrogen-bond donors (Lipinski definition) is 1. The fourth-order valence-corrected chi connectivity index (χ4v) is 4.58. The van der Waals surface area contributed by atoms with Gasteiger partial charge in [0.05, 0.1) is 24.2 Å². The lowest BCUT2D eigenvalue weighted by molar-refractivity contribution is -0.124. The minimum absolute atomic E-state index is 0.0743. The molecule has 2 amide bonds. The Morgan fingerprint density at radius 2 is 1.52 bits per heavy atom. The summed E-state index contributed by atoms with van der Waals surface area (Å²) < 4.78 is 0. The van der Waals surface area contributed by atoms with Gasteiger partial charge in [0.15, 0.2) is 5.75 Å². The van der Waals surface area contributed by atoms with Crippen molar-refractivity contribution in [3.8, 4) is 5.75 Å². The van der Waals surface area contributed by atoms with E-state index in [1.165, 1.54) is 12.4 Å². The fourth-order valence-electron chi connectivity index (χ4n) is 4.58. The van der Waals surface area contributed by atoms with Gasteiger partial charge in [-0.25, -0.2) is 14.9 Å². The SMILES string of the molecule is O=C1[C@@H]2[C@H](C(=O)N1c1ncc(O)cn1)[C@@H]1C=C[C@H]2C2CC21. The normalized spacial score (nSPS) is 42.2. The molecule has 3 fully saturated rings. The van der Waals surface area contributed by atoms with E-state index in [4.69, 9.17) is 0 Å². The van der Waals surface area contributed by atoms with Gasteiger partial charge < -0.3 is 5.11 Å². The van der Waals surface area contributed by atoms with Crippen molar-refractivity contribution in [3.05, 3.63) is 24.5 Å². The van der Waals surface area contributed by atoms with Gasteiger partial charge in [0.2, 0.25) is 17.8 Å². The van der Waals surface area contributed by atoms with Crippen LogP contribution in [0.4, 0.5) is 5.95 Å². The Bertz CT molecular complexity index is 663. The van der Waals surface area contributed by atoms with Crippen LogP contribution in [-0.2, 0) is 9.59 Å². The van der Waals surface area contributed by atoms with Crippen molar-refractivity contribution in [2.24, 2.45) is 35.5 Å². The van der Waals surface area contributed by atoms with Crippen LogP contribution in [0.2, 0.25) is 0 Å². The highest BCUT2D eigenvalue weighted by Crippen LogP contribution is 2.65. The average Bonchev–Trinajstić information content (AvgIpc) is 3.26. The monoisotopic (exact) mass is 283 g/mol. The molecule has 1 aromatic heterocycles. The summed E-state index contributed by atoms with van der Waals surface area (Å²) in [5, 5.41) is 9.25. The summed E-state index contributed by atoms with van der Waals surface area (Å²) in [6, 6.07) is 0. The second-order valence-corrected chi connectivity index (χ2v) is 6.41. The number of amides is 2. The summed E-state index contributed by atoms with van der Waals surface area (Å²) in [4.78, 5) is 34.4. The molecule has 0 spiro atoms. The number of carbonyl (C=O) groups is 2. The predicted molar refractivity (Wildman–Crippen MR) is 70.9 cm³/mol. The van der Waals surface area contributed by atoms with Crippen LogP contribution in [-0.4, -0.2) is 26.9 Å². The van der Waals surface area contributed by atoms with Crippen LogP contribution < -0.4 is 4.90 Å². The highest BCUT2D eigenvalue weighted by molar-refractivity contribution is 6.21. The Balaban J connectivity index is 1.58. The first-order chi connectivity index (χ1) is 10.2. The van der Waals surface area contributed by atoms with E-state index in [-0.39, 0.29) is 47.2 Å². The second-order valence-electron chi connectivity index (χ2n) is 6.41. The quantitative estimate of drug-likeness (QED) is 0.607. The molecule has 1 N–H and O–H groups in total. The molecule has 0 radical (unpaired) electrons. The largest absolute Gasteiger partial charge is 0.505 e. The van der Waals surface area contributed by atoms with Crippen molar-refractivity contribution in [1.29, 1.82) is 0 Å². The van der Waals surface area contributed by atoms with Gasteiger partial charge in [-0.1, -0.05) is 12.2 Å². The zero-order chi connectivity index (χ0) is 14.3. The molecular weight excluding hydrogens is 270 g/mol. The Kier molecular flexibility index (Phi) is 1.90. The summed E-state index contributed by atoms with van der Waals surface area (Å²) >= 11 is 0. The molecule has 0 aromatic carbocycles. The summed E-state index contributed by atoms with van der Waals surface area (Å²) in [6.45, 7) is 0. The molecule has 6 atom stereocenters. The smallest absolute Gasteiger partial charge is 0.240 e. The van der Waals surface area contributed by atoms with E-state index in [2.05, 4.69) is 22.1 Å². The summed E-state index contributed by atoms with van der Waals surface area (Å²) in [6.07, 6.45) is 7.81. The van der Waals surface area contributed by atoms with Crippen LogP contribution in [0.5, 0.6) is 5.75 Å². The molecule has 6 rings (SSSR count). The molecule has 106 valence electrons. The molecule has 1 saturated heterocycles. The number of imide groups is 1. The molecule has 1 aromatic rings. The number of carbonyl (C=O) groups excluding carboxylic acids is 2. The van der Waals surface area contributed by atoms with Crippen LogP contribution in [0.15, 0.2) is 24.5 Å². The third-order valence-corrected chi connectivity index (χ3v) is 5.49. The lowest BCUT2D eigenvalue weighted by atomic mass is 9.63. The van der Waals surface area contributed by atoms with E-state index in [9.17, 15) is 14.7 Å². The first kappa shape index (κ1) is 11.4. The molecule has 5 aliphatic rings. The number of allylic oxidation sites excluding steroid dienone is 2. The molecule has 1 aliphatic heterocycles. The molecular formula is C15H13N3O3. The van der Waals surface area contributed by atoms with Gasteiger partial charge >= 0.3 is 0 Å². The molecule has 2 heterocycles. The predicted octanol–water partition coefficient (Wildman–Crippen LogP) is 0.740. The first-order valence-electron chi connectivity index (χ1n) is 7.24. The van der Waals surface area contributed by atoms with Crippen molar-refractivity contribution in [3.63, 3.8) is 0 Å². The molecule has 6 heteroatoms. The zero-order valence-corrected chi connectivity index (χ0v) is 11.1. The van der Waals surface area contributed by atoms with Crippen molar-refractivity contribution in [2.45, 2.75) is 6.42 Å². The van der Waals surface area contributed by atoms with Gasteiger partial charge in [0.25, 0.3) is 0 Å². The minimum atomic E-state index is -0.242. The Hall–Kier alpha value is -2.24. The summed E-state index contributed by atoms with van der Waals surface area (Å²) in [5.74, 6) is 0.705. The number of nitrogens with zero attached hydrogens (tertiary/aromatic N) is 3. The van der Waals surface area contributed by atoms with Crippen LogP contribution in [0.25, 0.3) is 0 Å². The van der Waals surface area contributed by atoms with Crippen molar-refractivity contribution in [1.82, 2.24) is 9.97 Å². The second kappa shape index (κ2) is 3.50. The summed E-state index contributed by atoms with van der Waals surface area (Å²) in [7, 11) is 0. The van der Waals surface area contributed by atoms with E-state index in [1.807, 2.05) is 0 Å². The van der Waals surface area contributed by atoms with E-state index in [0.717, 1.165) is 11.3 Å². The highest BCUT2D eigenvalue weighted by Gasteiger charge is 2.67. The average molecular weight is 283 g/mol. The van der Waals surface area contributed by atoms with E-state index in [1.54, 1.807) is 0 Å². The maximum atomic E-state index is 12.7. The Labute approximate surface area is 120 Å². The van der Waals surface area contributed by atoms with Crippen molar-refractivity contribution >= 4 is 17.8 Å². The number of aromatic nitrogens is 2. The van der Waals surface area contributed by atoms with Crippen LogP contribution in [0.3, 0.4) is 0 Å². The molecule has 21 heavy (non-hydrogen) atoms. The maximum absolute atomic E-state index is 12.7. The third-order valence-electron chi connectivity index (χ3n) is 5.49. The van der Waals surface area contributed by atoms with Gasteiger partial charge in [0.1, 0.15) is 0 Å². The van der Waals surface area contributed by atoms with Gasteiger partial charge in [0, 0.05) is 0 Å². The van der Waals surface area contributed by atoms with Crippen LogP contribution in [0.1, 0.15) is 6.42 Å². The van der Waals surface area contributed by atoms with E-state index < -0.39 is 0 Å². The van der Waals surface area contributed by atoms with Gasteiger partial charge in [-0.15, -0.1) is 0 Å². The van der Waals surface area contributed by atoms with Gasteiger partial charge in [-0.05, 0) is 30.1 Å². The number of hydrogen-bond acceptors (Lipinski definition) is 5. The summed E-state index contributed by atoms with van der Waals surface area (Å²) in [5.41, 5.74) is 0. The van der Waals surface area contributed by atoms with Crippen molar-refractivity contribution in [2.75, 3.05) is 4.90 Å². The van der Waals surface area contributed by atoms with Crippen LogP contribution >= 0.6 is 0 Å². The molecule has 2 unspecified atom stereocenters. The maximum Gasteiger partial charge on any atom is 0.240 e.